The fourth-order valence-electron chi connectivity index (χ4n) is 3.65. The van der Waals surface area contributed by atoms with Gasteiger partial charge in [0.25, 0.3) is 0 Å². The molecule has 0 spiro atoms. The molecule has 0 bridgehead atoms. The molecule has 1 saturated heterocycles. The first kappa shape index (κ1) is 20.6. The van der Waals surface area contributed by atoms with Gasteiger partial charge in [-0.25, -0.2) is 14.4 Å². The molecule has 1 saturated carbocycles. The third-order valence-corrected chi connectivity index (χ3v) is 5.65. The van der Waals surface area contributed by atoms with E-state index in [0.29, 0.717) is 41.7 Å². The summed E-state index contributed by atoms with van der Waals surface area (Å²) in [7, 11) is 1.52. The Labute approximate surface area is 176 Å². The highest BCUT2D eigenvalue weighted by atomic mass is 35.5. The molecule has 4 rings (SSSR count). The maximum absolute atomic E-state index is 13.1. The number of pyridine rings is 2. The van der Waals surface area contributed by atoms with E-state index in [-0.39, 0.29) is 23.8 Å². The molecule has 0 N–H and O–H groups in total. The van der Waals surface area contributed by atoms with E-state index in [1.165, 1.54) is 7.11 Å². The molecule has 0 unspecified atom stereocenters. The van der Waals surface area contributed by atoms with Gasteiger partial charge >= 0.3 is 0 Å². The monoisotopic (exact) mass is 434 g/mol. The number of carbonyl (C=O) groups is 1. The molecule has 1 aliphatic heterocycles. The van der Waals surface area contributed by atoms with Crippen LogP contribution in [0.4, 0.5) is 4.39 Å². The predicted octanol–water partition coefficient (Wildman–Crippen LogP) is 3.40. The number of likely N-dealkylation sites (tertiary alicyclic amines) is 1. The van der Waals surface area contributed by atoms with Gasteiger partial charge in [0, 0.05) is 24.4 Å². The first-order valence-electron chi connectivity index (χ1n) is 9.45. The van der Waals surface area contributed by atoms with E-state index >= 15 is 0 Å². The molecule has 30 heavy (non-hydrogen) atoms. The van der Waals surface area contributed by atoms with Gasteiger partial charge in [-0.3, -0.25) is 4.79 Å². The van der Waals surface area contributed by atoms with Crippen LogP contribution in [0.3, 0.4) is 0 Å². The number of ether oxygens (including phenoxy) is 2. The Morgan fingerprint density at radius 2 is 2.17 bits per heavy atom. The Balaban J connectivity index is 1.60. The molecule has 9 nitrogen and oxygen atoms in total. The van der Waals surface area contributed by atoms with Crippen molar-refractivity contribution < 1.29 is 18.7 Å². The number of aromatic nitrogens is 2. The molecule has 1 aliphatic carbocycles. The zero-order valence-electron chi connectivity index (χ0n) is 16.5. The highest BCUT2D eigenvalue weighted by Gasteiger charge is 2.48. The van der Waals surface area contributed by atoms with E-state index in [1.807, 2.05) is 0 Å². The van der Waals surface area contributed by atoms with E-state index in [1.54, 1.807) is 30.3 Å². The largest absolute Gasteiger partial charge is 0.470 e. The summed E-state index contributed by atoms with van der Waals surface area (Å²) in [5, 5.41) is 5.46. The Kier molecular flexibility index (Phi) is 5.40. The Hall–Kier alpha value is -2.68. The molecule has 2 aromatic heterocycles. The lowest BCUT2D eigenvalue weighted by molar-refractivity contribution is -0.141. The van der Waals surface area contributed by atoms with Crippen LogP contribution < -0.4 is 4.74 Å². The van der Waals surface area contributed by atoms with Crippen LogP contribution in [-0.4, -0.2) is 59.9 Å². The van der Waals surface area contributed by atoms with Crippen molar-refractivity contribution in [2.24, 2.45) is 11.0 Å². The summed E-state index contributed by atoms with van der Waals surface area (Å²) in [5.41, 5.74) is 8.64. The van der Waals surface area contributed by atoms with Crippen molar-refractivity contribution in [2.45, 2.75) is 31.2 Å². The lowest BCUT2D eigenvalue weighted by Gasteiger charge is -2.39. The first-order valence-corrected chi connectivity index (χ1v) is 9.83. The summed E-state index contributed by atoms with van der Waals surface area (Å²) in [6.07, 6.45) is 2.18. The molecule has 2 aliphatic rings. The first-order chi connectivity index (χ1) is 14.4. The number of methoxy groups -OCH3 is 1. The van der Waals surface area contributed by atoms with Gasteiger partial charge in [-0.2, -0.15) is 0 Å². The summed E-state index contributed by atoms with van der Waals surface area (Å²) in [5.74, 6) is -0.311. The van der Waals surface area contributed by atoms with Crippen LogP contribution in [0.2, 0.25) is 5.15 Å². The normalized spacial score (nSPS) is 22.7. The highest BCUT2D eigenvalue weighted by Crippen LogP contribution is 2.38. The third-order valence-electron chi connectivity index (χ3n) is 5.44. The number of hydrogen-bond donors (Lipinski definition) is 0. The summed E-state index contributed by atoms with van der Waals surface area (Å²) in [6, 6.07) is 1.66. The second-order valence-corrected chi connectivity index (χ2v) is 8.15. The Morgan fingerprint density at radius 1 is 1.43 bits per heavy atom. The highest BCUT2D eigenvalue weighted by molar-refractivity contribution is 6.30. The predicted molar refractivity (Wildman–Crippen MR) is 107 cm³/mol. The molecule has 158 valence electrons. The number of amides is 1. The van der Waals surface area contributed by atoms with Gasteiger partial charge in [0.05, 0.1) is 36.5 Å². The van der Waals surface area contributed by atoms with E-state index in [4.69, 9.17) is 26.6 Å². The quantitative estimate of drug-likeness (QED) is 0.287. The maximum atomic E-state index is 13.1. The van der Waals surface area contributed by atoms with Crippen molar-refractivity contribution in [3.63, 3.8) is 0 Å². The van der Waals surface area contributed by atoms with Gasteiger partial charge < -0.3 is 14.4 Å². The van der Waals surface area contributed by atoms with Crippen LogP contribution in [0.5, 0.6) is 5.88 Å². The molecule has 3 atom stereocenters. The lowest BCUT2D eigenvalue weighted by atomic mass is 9.91. The molecular weight excluding hydrogens is 415 g/mol. The van der Waals surface area contributed by atoms with Crippen LogP contribution in [0.15, 0.2) is 23.6 Å². The number of nitrogens with zero attached hydrogens (tertiary/aromatic N) is 6. The van der Waals surface area contributed by atoms with Crippen LogP contribution in [0.25, 0.3) is 21.2 Å². The number of azide groups is 1. The molecular formula is C19H20ClFN6O3. The van der Waals surface area contributed by atoms with Crippen molar-refractivity contribution in [1.82, 2.24) is 14.9 Å². The fourth-order valence-corrected chi connectivity index (χ4v) is 3.81. The molecule has 0 radical (unpaired) electrons. The Bertz CT molecular complexity index is 1040. The van der Waals surface area contributed by atoms with E-state index in [2.05, 4.69) is 20.0 Å². The topological polar surface area (TPSA) is 113 Å². The number of hydrogen-bond acceptors (Lipinski definition) is 6. The average Bonchev–Trinajstić information content (AvgIpc) is 3.40. The SMILES string of the molecule is COC[C@@](C)(N=[N+]=[N-])c1cnc(OC2CN(C(=O)[C@@H]3C[C@@H]3F)C2)c2cnc(Cl)cc12. The van der Waals surface area contributed by atoms with Crippen molar-refractivity contribution in [3.8, 4) is 5.88 Å². The van der Waals surface area contributed by atoms with Gasteiger partial charge in [0.2, 0.25) is 11.8 Å². The number of carbonyl (C=O) groups excluding carboxylic acids is 1. The van der Waals surface area contributed by atoms with Crippen molar-refractivity contribution in [2.75, 3.05) is 26.8 Å². The fraction of sp³-hybridized carbons (Fsp3) is 0.526. The number of fused-ring (bicyclic) bond motifs is 1. The summed E-state index contributed by atoms with van der Waals surface area (Å²) < 4.78 is 24.3. The standard InChI is InChI=1S/C19H20ClFN6O3/c1-19(9-29-2,25-26-22)14-6-24-17(13-5-23-16(20)4-11(13)14)30-10-7-27(8-10)18(28)12-3-15(12)21/h4-6,10,12,15H,3,7-9H2,1-2H3/t12-,15+,19-/m1/s1. The Morgan fingerprint density at radius 3 is 2.80 bits per heavy atom. The smallest absolute Gasteiger partial charge is 0.228 e. The summed E-state index contributed by atoms with van der Waals surface area (Å²) >= 11 is 6.11. The minimum atomic E-state index is -1.01. The molecule has 3 heterocycles. The minimum Gasteiger partial charge on any atom is -0.470 e. The third kappa shape index (κ3) is 3.74. The zero-order valence-corrected chi connectivity index (χ0v) is 17.2. The molecule has 0 aromatic carbocycles. The molecule has 2 aromatic rings. The van der Waals surface area contributed by atoms with Crippen LogP contribution >= 0.6 is 11.6 Å². The zero-order chi connectivity index (χ0) is 21.5. The van der Waals surface area contributed by atoms with Crippen LogP contribution in [0, 0.1) is 5.92 Å². The lowest BCUT2D eigenvalue weighted by Crippen LogP contribution is -2.56. The second-order valence-electron chi connectivity index (χ2n) is 7.77. The van der Waals surface area contributed by atoms with Gasteiger partial charge in [0.1, 0.15) is 17.4 Å². The summed E-state index contributed by atoms with van der Waals surface area (Å²) in [6.45, 7) is 2.65. The number of halogens is 2. The number of rotatable bonds is 7. The maximum Gasteiger partial charge on any atom is 0.228 e. The van der Waals surface area contributed by atoms with Gasteiger partial charge in [0.15, 0.2) is 0 Å². The van der Waals surface area contributed by atoms with Crippen LogP contribution in [0.1, 0.15) is 18.9 Å². The van der Waals surface area contributed by atoms with E-state index in [0.717, 1.165) is 0 Å². The molecule has 2 fully saturated rings. The van der Waals surface area contributed by atoms with Crippen molar-refractivity contribution >= 4 is 28.3 Å². The van der Waals surface area contributed by atoms with E-state index in [9.17, 15) is 9.18 Å². The molecule has 11 heteroatoms. The van der Waals surface area contributed by atoms with Crippen molar-refractivity contribution in [1.29, 1.82) is 0 Å². The number of alkyl halides is 1. The van der Waals surface area contributed by atoms with E-state index < -0.39 is 17.6 Å². The van der Waals surface area contributed by atoms with Crippen molar-refractivity contribution in [3.05, 3.63) is 39.6 Å². The van der Waals surface area contributed by atoms with Crippen LogP contribution in [-0.2, 0) is 15.1 Å². The second kappa shape index (κ2) is 7.86. The van der Waals surface area contributed by atoms with Gasteiger partial charge in [-0.1, -0.05) is 16.7 Å². The van der Waals surface area contributed by atoms with Gasteiger partial charge in [-0.05, 0) is 35.9 Å². The van der Waals surface area contributed by atoms with Gasteiger partial charge in [-0.15, -0.1) is 0 Å². The molecule has 1 amide bonds. The average molecular weight is 435 g/mol. The summed E-state index contributed by atoms with van der Waals surface area (Å²) in [4.78, 5) is 25.1. The minimum absolute atomic E-state index is 0.143.